The zero-order chi connectivity index (χ0) is 11.3. The third-order valence-corrected chi connectivity index (χ3v) is 2.16. The number of hydrogen-bond donors (Lipinski definition) is 2. The molecular weight excluding hydrogens is 194 g/mol. The first kappa shape index (κ1) is 11.7. The Balaban J connectivity index is 2.60. The van der Waals surface area contributed by atoms with Gasteiger partial charge in [-0.15, -0.1) is 0 Å². The SMILES string of the molecule is COc1ccc(C[C@H](N)[C@H](O)[C]=O)cc1. The highest BCUT2D eigenvalue weighted by atomic mass is 16.5. The molecule has 1 radical (unpaired) electrons. The summed E-state index contributed by atoms with van der Waals surface area (Å²) in [5.41, 5.74) is 6.53. The smallest absolute Gasteiger partial charge is 0.231 e. The molecule has 1 aromatic rings. The molecule has 0 aromatic heterocycles. The minimum absolute atomic E-state index is 0.431. The minimum atomic E-state index is -1.23. The van der Waals surface area contributed by atoms with Crippen LogP contribution in [0.3, 0.4) is 0 Å². The highest BCUT2D eigenvalue weighted by Crippen LogP contribution is 2.12. The summed E-state index contributed by atoms with van der Waals surface area (Å²) in [4.78, 5) is 10.2. The van der Waals surface area contributed by atoms with Crippen molar-refractivity contribution in [2.24, 2.45) is 5.73 Å². The largest absolute Gasteiger partial charge is 0.497 e. The number of carbonyl (C=O) groups excluding carboxylic acids is 1. The van der Waals surface area contributed by atoms with Crippen LogP contribution in [-0.4, -0.2) is 30.6 Å². The van der Waals surface area contributed by atoms with Crippen molar-refractivity contribution in [3.05, 3.63) is 29.8 Å². The van der Waals surface area contributed by atoms with Gasteiger partial charge in [-0.05, 0) is 24.1 Å². The van der Waals surface area contributed by atoms with Crippen molar-refractivity contribution >= 4 is 6.29 Å². The molecule has 4 heteroatoms. The van der Waals surface area contributed by atoms with E-state index in [9.17, 15) is 4.79 Å². The molecule has 3 N–H and O–H groups in total. The normalized spacial score (nSPS) is 14.3. The van der Waals surface area contributed by atoms with Crippen molar-refractivity contribution in [3.8, 4) is 5.75 Å². The molecule has 0 bridgehead atoms. The van der Waals surface area contributed by atoms with Gasteiger partial charge in [-0.3, -0.25) is 4.79 Å². The van der Waals surface area contributed by atoms with E-state index >= 15 is 0 Å². The Morgan fingerprint density at radius 2 is 2.07 bits per heavy atom. The first-order valence-electron chi connectivity index (χ1n) is 4.61. The van der Waals surface area contributed by atoms with Gasteiger partial charge in [0.2, 0.25) is 6.29 Å². The molecule has 0 aliphatic rings. The van der Waals surface area contributed by atoms with Gasteiger partial charge in [0.1, 0.15) is 11.9 Å². The maximum atomic E-state index is 10.2. The van der Waals surface area contributed by atoms with Crippen molar-refractivity contribution < 1.29 is 14.6 Å². The predicted octanol–water partition coefficient (Wildman–Crippen LogP) is 0.0356. The minimum Gasteiger partial charge on any atom is -0.497 e. The van der Waals surface area contributed by atoms with Crippen LogP contribution in [0.25, 0.3) is 0 Å². The van der Waals surface area contributed by atoms with Crippen LogP contribution in [0.2, 0.25) is 0 Å². The molecule has 2 atom stereocenters. The van der Waals surface area contributed by atoms with Crippen molar-refractivity contribution in [2.75, 3.05) is 7.11 Å². The molecule has 0 aliphatic carbocycles. The molecule has 0 amide bonds. The van der Waals surface area contributed by atoms with E-state index in [4.69, 9.17) is 15.6 Å². The topological polar surface area (TPSA) is 72.6 Å². The summed E-state index contributed by atoms with van der Waals surface area (Å²) in [5.74, 6) is 0.759. The second-order valence-corrected chi connectivity index (χ2v) is 3.28. The molecule has 0 fully saturated rings. The van der Waals surface area contributed by atoms with Crippen LogP contribution in [0.5, 0.6) is 5.75 Å². The lowest BCUT2D eigenvalue weighted by Crippen LogP contribution is -2.37. The average molecular weight is 208 g/mol. The second kappa shape index (κ2) is 5.48. The fourth-order valence-corrected chi connectivity index (χ4v) is 1.23. The summed E-state index contributed by atoms with van der Waals surface area (Å²) in [6, 6.07) is 6.68. The third kappa shape index (κ3) is 3.34. The van der Waals surface area contributed by atoms with Crippen LogP contribution >= 0.6 is 0 Å². The van der Waals surface area contributed by atoms with Gasteiger partial charge < -0.3 is 15.6 Å². The molecule has 0 heterocycles. The van der Waals surface area contributed by atoms with Crippen LogP contribution in [0, 0.1) is 0 Å². The van der Waals surface area contributed by atoms with E-state index in [0.29, 0.717) is 6.42 Å². The van der Waals surface area contributed by atoms with E-state index in [1.165, 1.54) is 6.29 Å². The maximum Gasteiger partial charge on any atom is 0.231 e. The van der Waals surface area contributed by atoms with Gasteiger partial charge >= 0.3 is 0 Å². The molecule has 0 aliphatic heterocycles. The Morgan fingerprint density at radius 3 is 2.53 bits per heavy atom. The van der Waals surface area contributed by atoms with E-state index in [1.54, 1.807) is 19.2 Å². The van der Waals surface area contributed by atoms with Gasteiger partial charge in [-0.2, -0.15) is 0 Å². The number of aliphatic hydroxyl groups is 1. The number of nitrogens with two attached hydrogens (primary N) is 1. The van der Waals surface area contributed by atoms with Crippen LogP contribution in [0.1, 0.15) is 5.56 Å². The van der Waals surface area contributed by atoms with Gasteiger partial charge in [-0.25, -0.2) is 0 Å². The van der Waals surface area contributed by atoms with E-state index < -0.39 is 12.1 Å². The zero-order valence-electron chi connectivity index (χ0n) is 8.51. The van der Waals surface area contributed by atoms with Gasteiger partial charge in [0.05, 0.1) is 7.11 Å². The van der Waals surface area contributed by atoms with Crippen LogP contribution < -0.4 is 10.5 Å². The Hall–Kier alpha value is -1.39. The lowest BCUT2D eigenvalue weighted by Gasteiger charge is -2.12. The van der Waals surface area contributed by atoms with E-state index in [1.807, 2.05) is 12.1 Å². The van der Waals surface area contributed by atoms with Gasteiger partial charge in [-0.1, -0.05) is 12.1 Å². The Labute approximate surface area is 88.7 Å². The van der Waals surface area contributed by atoms with Crippen LogP contribution in [0.4, 0.5) is 0 Å². The van der Waals surface area contributed by atoms with Crippen molar-refractivity contribution in [1.29, 1.82) is 0 Å². The monoisotopic (exact) mass is 208 g/mol. The van der Waals surface area contributed by atoms with Gasteiger partial charge in [0, 0.05) is 6.04 Å². The lowest BCUT2D eigenvalue weighted by molar-refractivity contribution is 0.203. The van der Waals surface area contributed by atoms with Crippen molar-refractivity contribution in [3.63, 3.8) is 0 Å². The fourth-order valence-electron chi connectivity index (χ4n) is 1.23. The lowest BCUT2D eigenvalue weighted by atomic mass is 10.0. The predicted molar refractivity (Wildman–Crippen MR) is 56.4 cm³/mol. The Morgan fingerprint density at radius 1 is 1.47 bits per heavy atom. The summed E-state index contributed by atoms with van der Waals surface area (Å²) >= 11 is 0. The van der Waals surface area contributed by atoms with E-state index in [0.717, 1.165) is 11.3 Å². The summed E-state index contributed by atoms with van der Waals surface area (Å²) in [5, 5.41) is 9.12. The standard InChI is InChI=1S/C11H14NO3/c1-15-9-4-2-8(3-5-9)6-10(12)11(14)7-13/h2-5,10-11,14H,6,12H2,1H3/t10-,11+/m0/s1. The molecule has 4 nitrogen and oxygen atoms in total. The number of hydrogen-bond acceptors (Lipinski definition) is 4. The summed E-state index contributed by atoms with van der Waals surface area (Å²) in [6.07, 6.45) is 0.665. The average Bonchev–Trinajstić information content (AvgIpc) is 2.29. The second-order valence-electron chi connectivity index (χ2n) is 3.28. The van der Waals surface area contributed by atoms with Crippen molar-refractivity contribution in [1.82, 2.24) is 0 Å². The molecule has 1 aromatic carbocycles. The molecule has 0 saturated carbocycles. The third-order valence-electron chi connectivity index (χ3n) is 2.16. The zero-order valence-corrected chi connectivity index (χ0v) is 8.51. The van der Waals surface area contributed by atoms with Gasteiger partial charge in [0.15, 0.2) is 0 Å². The van der Waals surface area contributed by atoms with Crippen LogP contribution in [-0.2, 0) is 11.2 Å². The fraction of sp³-hybridized carbons (Fsp3) is 0.364. The molecular formula is C11H14NO3. The van der Waals surface area contributed by atoms with Crippen LogP contribution in [0.15, 0.2) is 24.3 Å². The van der Waals surface area contributed by atoms with Gasteiger partial charge in [0.25, 0.3) is 0 Å². The number of methoxy groups -OCH3 is 1. The molecule has 0 unspecified atom stereocenters. The molecule has 0 saturated heterocycles. The van der Waals surface area contributed by atoms with Crippen molar-refractivity contribution in [2.45, 2.75) is 18.6 Å². The first-order valence-corrected chi connectivity index (χ1v) is 4.61. The first-order chi connectivity index (χ1) is 7.17. The number of benzene rings is 1. The Bertz CT molecular complexity index is 310. The molecule has 0 spiro atoms. The van der Waals surface area contributed by atoms with E-state index in [2.05, 4.69) is 0 Å². The highest BCUT2D eigenvalue weighted by molar-refractivity contribution is 5.57. The summed E-state index contributed by atoms with van der Waals surface area (Å²) in [7, 11) is 1.59. The molecule has 81 valence electrons. The number of aliphatic hydroxyl groups excluding tert-OH is 1. The highest BCUT2D eigenvalue weighted by Gasteiger charge is 2.14. The van der Waals surface area contributed by atoms with E-state index in [-0.39, 0.29) is 0 Å². The number of rotatable bonds is 5. The summed E-state index contributed by atoms with van der Waals surface area (Å²) < 4.78 is 5.00. The maximum absolute atomic E-state index is 10.2. The summed E-state index contributed by atoms with van der Waals surface area (Å²) in [6.45, 7) is 0. The quantitative estimate of drug-likeness (QED) is 0.716. The molecule has 1 rings (SSSR count). The Kier molecular flexibility index (Phi) is 4.27. The number of ether oxygens (including phenoxy) is 1. The molecule has 15 heavy (non-hydrogen) atoms.